The highest BCUT2D eigenvalue weighted by molar-refractivity contribution is 5.85. The van der Waals surface area contributed by atoms with Gasteiger partial charge in [-0.05, 0) is 43.5 Å². The molecule has 3 N–H and O–H groups in total. The number of hydrogen-bond donors (Lipinski definition) is 2. The molecule has 0 aliphatic carbocycles. The molecule has 1 aromatic carbocycles. The molecule has 0 aromatic heterocycles. The Kier molecular flexibility index (Phi) is 9.94. The van der Waals surface area contributed by atoms with Crippen LogP contribution in [0, 0.1) is 0 Å². The molecule has 0 saturated carbocycles. The first-order chi connectivity index (χ1) is 8.76. The quantitative estimate of drug-likeness (QED) is 0.718. The van der Waals surface area contributed by atoms with Crippen LogP contribution >= 0.6 is 12.4 Å². The normalized spacial score (nSPS) is 9.58. The lowest BCUT2D eigenvalue weighted by atomic mass is 10.2. The van der Waals surface area contributed by atoms with Crippen molar-refractivity contribution in [2.45, 2.75) is 26.2 Å². The number of carbonyl (C=O) groups excluding carboxylic acids is 1. The van der Waals surface area contributed by atoms with Crippen LogP contribution in [0.2, 0.25) is 0 Å². The van der Waals surface area contributed by atoms with E-state index in [9.17, 15) is 4.79 Å². The number of rotatable bonds is 8. The van der Waals surface area contributed by atoms with Crippen LogP contribution in [-0.4, -0.2) is 25.6 Å². The van der Waals surface area contributed by atoms with Crippen LogP contribution in [0.3, 0.4) is 0 Å². The van der Waals surface area contributed by atoms with E-state index in [0.29, 0.717) is 13.1 Å². The molecular weight excluding hydrogens is 264 g/mol. The molecule has 0 spiro atoms. The molecule has 0 saturated heterocycles. The van der Waals surface area contributed by atoms with E-state index < -0.39 is 0 Å². The van der Waals surface area contributed by atoms with Crippen molar-refractivity contribution >= 4 is 18.3 Å². The zero-order valence-corrected chi connectivity index (χ0v) is 12.2. The maximum atomic E-state index is 11.4. The highest BCUT2D eigenvalue weighted by Crippen LogP contribution is 2.12. The summed E-state index contributed by atoms with van der Waals surface area (Å²) in [5, 5.41) is 2.79. The molecule has 19 heavy (non-hydrogen) atoms. The van der Waals surface area contributed by atoms with Crippen molar-refractivity contribution < 1.29 is 9.53 Å². The molecule has 1 rings (SSSR count). The second-order valence-electron chi connectivity index (χ2n) is 4.13. The van der Waals surface area contributed by atoms with Crippen molar-refractivity contribution in [3.63, 3.8) is 0 Å². The van der Waals surface area contributed by atoms with Crippen LogP contribution in [-0.2, 0) is 11.2 Å². The van der Waals surface area contributed by atoms with Crippen molar-refractivity contribution in [1.29, 1.82) is 0 Å². The van der Waals surface area contributed by atoms with Crippen molar-refractivity contribution in [2.75, 3.05) is 19.7 Å². The largest absolute Gasteiger partial charge is 0.484 e. The fraction of sp³-hybridized carbons (Fsp3) is 0.500. The Labute approximate surface area is 121 Å². The summed E-state index contributed by atoms with van der Waals surface area (Å²) < 4.78 is 5.39. The maximum Gasteiger partial charge on any atom is 0.257 e. The molecule has 108 valence electrons. The van der Waals surface area contributed by atoms with E-state index in [4.69, 9.17) is 10.5 Å². The standard InChI is InChI=1S/C14H22N2O2.ClH/c1-2-12-5-7-13(8-6-12)18-11-14(17)16-10-4-3-9-15;/h5-8H,2-4,9-11,15H2,1H3,(H,16,17);1H. The van der Waals surface area contributed by atoms with E-state index >= 15 is 0 Å². The molecule has 0 heterocycles. The number of nitrogens with one attached hydrogen (secondary N) is 1. The van der Waals surface area contributed by atoms with Gasteiger partial charge in [0.15, 0.2) is 6.61 Å². The fourth-order valence-electron chi connectivity index (χ4n) is 1.52. The smallest absolute Gasteiger partial charge is 0.257 e. The third-order valence-corrected chi connectivity index (χ3v) is 2.65. The molecule has 1 aromatic rings. The molecule has 0 aliphatic heterocycles. The zero-order valence-electron chi connectivity index (χ0n) is 11.4. The van der Waals surface area contributed by atoms with Gasteiger partial charge in [0.05, 0.1) is 0 Å². The topological polar surface area (TPSA) is 64.3 Å². The number of halogens is 1. The number of nitrogens with two attached hydrogens (primary N) is 1. The minimum atomic E-state index is -0.0911. The zero-order chi connectivity index (χ0) is 13.2. The van der Waals surface area contributed by atoms with E-state index in [1.807, 2.05) is 24.3 Å². The Hall–Kier alpha value is -1.26. The van der Waals surface area contributed by atoms with Gasteiger partial charge in [-0.15, -0.1) is 12.4 Å². The Bertz CT molecular complexity index is 355. The third kappa shape index (κ3) is 7.70. The van der Waals surface area contributed by atoms with Gasteiger partial charge in [0.2, 0.25) is 0 Å². The summed E-state index contributed by atoms with van der Waals surface area (Å²) in [5.41, 5.74) is 6.62. The predicted molar refractivity (Wildman–Crippen MR) is 79.9 cm³/mol. The van der Waals surface area contributed by atoms with Gasteiger partial charge < -0.3 is 15.8 Å². The summed E-state index contributed by atoms with van der Waals surface area (Å²) in [5.74, 6) is 0.635. The van der Waals surface area contributed by atoms with Crippen LogP contribution in [0.1, 0.15) is 25.3 Å². The first kappa shape index (κ1) is 17.7. The Morgan fingerprint density at radius 2 is 1.95 bits per heavy atom. The molecule has 0 atom stereocenters. The van der Waals surface area contributed by atoms with Crippen LogP contribution in [0.4, 0.5) is 0 Å². The number of hydrogen-bond acceptors (Lipinski definition) is 3. The monoisotopic (exact) mass is 286 g/mol. The van der Waals surface area contributed by atoms with E-state index in [2.05, 4.69) is 12.2 Å². The van der Waals surface area contributed by atoms with Crippen molar-refractivity contribution in [3.05, 3.63) is 29.8 Å². The molecule has 4 nitrogen and oxygen atoms in total. The molecular formula is C14H23ClN2O2. The SMILES string of the molecule is CCc1ccc(OCC(=O)NCCCCN)cc1.Cl. The third-order valence-electron chi connectivity index (χ3n) is 2.65. The lowest BCUT2D eigenvalue weighted by Crippen LogP contribution is -2.29. The average molecular weight is 287 g/mol. The Morgan fingerprint density at radius 1 is 1.26 bits per heavy atom. The summed E-state index contributed by atoms with van der Waals surface area (Å²) in [7, 11) is 0. The molecule has 0 aliphatic rings. The summed E-state index contributed by atoms with van der Waals surface area (Å²) in [6, 6.07) is 7.80. The van der Waals surface area contributed by atoms with Gasteiger partial charge >= 0.3 is 0 Å². The average Bonchev–Trinajstić information content (AvgIpc) is 2.42. The number of benzene rings is 1. The van der Waals surface area contributed by atoms with Gasteiger partial charge in [0.25, 0.3) is 5.91 Å². The van der Waals surface area contributed by atoms with Gasteiger partial charge in [-0.3, -0.25) is 4.79 Å². The van der Waals surface area contributed by atoms with Crippen LogP contribution in [0.5, 0.6) is 5.75 Å². The number of carbonyl (C=O) groups is 1. The molecule has 1 amide bonds. The first-order valence-electron chi connectivity index (χ1n) is 6.44. The lowest BCUT2D eigenvalue weighted by molar-refractivity contribution is -0.123. The van der Waals surface area contributed by atoms with Gasteiger partial charge in [0.1, 0.15) is 5.75 Å². The second-order valence-corrected chi connectivity index (χ2v) is 4.13. The Balaban J connectivity index is 0.00000324. The number of ether oxygens (including phenoxy) is 1. The highest BCUT2D eigenvalue weighted by Gasteiger charge is 2.01. The predicted octanol–water partition coefficient (Wildman–Crippen LogP) is 1.90. The summed E-state index contributed by atoms with van der Waals surface area (Å²) in [4.78, 5) is 11.4. The fourth-order valence-corrected chi connectivity index (χ4v) is 1.52. The van der Waals surface area contributed by atoms with Crippen LogP contribution in [0.25, 0.3) is 0 Å². The number of amides is 1. The van der Waals surface area contributed by atoms with E-state index in [0.717, 1.165) is 25.0 Å². The van der Waals surface area contributed by atoms with Crippen molar-refractivity contribution in [2.24, 2.45) is 5.73 Å². The number of aryl methyl sites for hydroxylation is 1. The molecule has 0 radical (unpaired) electrons. The van der Waals surface area contributed by atoms with Crippen molar-refractivity contribution in [3.8, 4) is 5.75 Å². The first-order valence-corrected chi connectivity index (χ1v) is 6.44. The molecule has 0 unspecified atom stereocenters. The summed E-state index contributed by atoms with van der Waals surface area (Å²) in [6.45, 7) is 3.49. The maximum absolute atomic E-state index is 11.4. The van der Waals surface area contributed by atoms with Gasteiger partial charge in [-0.2, -0.15) is 0 Å². The van der Waals surface area contributed by atoms with E-state index in [1.165, 1.54) is 5.56 Å². The van der Waals surface area contributed by atoms with Crippen LogP contribution in [0.15, 0.2) is 24.3 Å². The lowest BCUT2D eigenvalue weighted by Gasteiger charge is -2.07. The minimum absolute atomic E-state index is 0. The highest BCUT2D eigenvalue weighted by atomic mass is 35.5. The summed E-state index contributed by atoms with van der Waals surface area (Å²) >= 11 is 0. The van der Waals surface area contributed by atoms with Gasteiger partial charge in [0, 0.05) is 6.54 Å². The minimum Gasteiger partial charge on any atom is -0.484 e. The Morgan fingerprint density at radius 3 is 2.53 bits per heavy atom. The van der Waals surface area contributed by atoms with E-state index in [1.54, 1.807) is 0 Å². The number of unbranched alkanes of at least 4 members (excludes halogenated alkanes) is 1. The molecule has 5 heteroatoms. The van der Waals surface area contributed by atoms with Gasteiger partial charge in [-0.25, -0.2) is 0 Å². The van der Waals surface area contributed by atoms with Gasteiger partial charge in [-0.1, -0.05) is 19.1 Å². The molecule has 0 fully saturated rings. The van der Waals surface area contributed by atoms with Crippen LogP contribution < -0.4 is 15.8 Å². The van der Waals surface area contributed by atoms with E-state index in [-0.39, 0.29) is 24.9 Å². The molecule has 0 bridgehead atoms. The van der Waals surface area contributed by atoms with Crippen molar-refractivity contribution in [1.82, 2.24) is 5.32 Å². The summed E-state index contributed by atoms with van der Waals surface area (Å²) in [6.07, 6.45) is 2.84. The second kappa shape index (κ2) is 10.6.